The lowest BCUT2D eigenvalue weighted by Gasteiger charge is -2.30. The van der Waals surface area contributed by atoms with Gasteiger partial charge in [0, 0.05) is 17.4 Å². The van der Waals surface area contributed by atoms with Gasteiger partial charge < -0.3 is 9.47 Å². The molecule has 0 saturated carbocycles. The molecular weight excluding hydrogens is 392 g/mol. The second-order valence-electron chi connectivity index (χ2n) is 8.00. The molecule has 0 bridgehead atoms. The van der Waals surface area contributed by atoms with Crippen molar-refractivity contribution < 1.29 is 19.1 Å². The molecule has 1 aliphatic rings. The summed E-state index contributed by atoms with van der Waals surface area (Å²) >= 11 is 0. The van der Waals surface area contributed by atoms with E-state index in [1.807, 2.05) is 18.2 Å². The zero-order chi connectivity index (χ0) is 22.0. The van der Waals surface area contributed by atoms with Gasteiger partial charge in [-0.2, -0.15) is 0 Å². The Kier molecular flexibility index (Phi) is 5.72. The molecule has 6 heteroatoms. The summed E-state index contributed by atoms with van der Waals surface area (Å²) in [7, 11) is 0. The van der Waals surface area contributed by atoms with Crippen molar-refractivity contribution >= 4 is 23.5 Å². The first-order valence-electron chi connectivity index (χ1n) is 10.6. The summed E-state index contributed by atoms with van der Waals surface area (Å²) in [5.74, 6) is -0.246. The van der Waals surface area contributed by atoms with Gasteiger partial charge in [-0.3, -0.25) is 9.59 Å². The predicted molar refractivity (Wildman–Crippen MR) is 118 cm³/mol. The van der Waals surface area contributed by atoms with Crippen LogP contribution >= 0.6 is 0 Å². The molecule has 2 aromatic carbocycles. The molecule has 1 aliphatic carbocycles. The van der Waals surface area contributed by atoms with Gasteiger partial charge in [0.1, 0.15) is 0 Å². The smallest absolute Gasteiger partial charge is 0.305 e. The van der Waals surface area contributed by atoms with Crippen LogP contribution in [0.5, 0.6) is 0 Å². The summed E-state index contributed by atoms with van der Waals surface area (Å²) < 4.78 is 10.3. The number of aromatic nitrogens is 2. The molecule has 6 nitrogen and oxygen atoms in total. The number of hydrogen-bond donors (Lipinski definition) is 0. The Hall–Kier alpha value is -3.28. The Balaban J connectivity index is 1.90. The Bertz CT molecular complexity index is 1160. The molecule has 0 radical (unpaired) electrons. The van der Waals surface area contributed by atoms with E-state index in [2.05, 4.69) is 32.0 Å². The van der Waals surface area contributed by atoms with Crippen LogP contribution in [0.1, 0.15) is 48.6 Å². The fourth-order valence-corrected chi connectivity index (χ4v) is 4.53. The number of hydrogen-bond acceptors (Lipinski definition) is 6. The van der Waals surface area contributed by atoms with Gasteiger partial charge in [-0.15, -0.1) is 0 Å². The molecule has 0 amide bonds. The number of esters is 1. The van der Waals surface area contributed by atoms with Crippen LogP contribution in [0, 0.1) is 13.8 Å². The van der Waals surface area contributed by atoms with E-state index in [-0.39, 0.29) is 19.0 Å². The quantitative estimate of drug-likeness (QED) is 0.306. The zero-order valence-corrected chi connectivity index (χ0v) is 18.1. The van der Waals surface area contributed by atoms with Crippen molar-refractivity contribution in [3.8, 4) is 11.3 Å². The van der Waals surface area contributed by atoms with E-state index >= 15 is 0 Å². The number of carbonyl (C=O) groups excluding carboxylic acids is 2. The predicted octanol–water partition coefficient (Wildman–Crippen LogP) is 4.42. The van der Waals surface area contributed by atoms with E-state index in [4.69, 9.17) is 19.4 Å². The van der Waals surface area contributed by atoms with Gasteiger partial charge in [-0.1, -0.05) is 24.3 Å². The fourth-order valence-electron chi connectivity index (χ4n) is 4.53. The van der Waals surface area contributed by atoms with Crippen molar-refractivity contribution in [2.24, 2.45) is 0 Å². The first-order valence-corrected chi connectivity index (χ1v) is 10.6. The van der Waals surface area contributed by atoms with E-state index in [1.165, 1.54) is 5.56 Å². The minimum Gasteiger partial charge on any atom is -0.468 e. The third-order valence-corrected chi connectivity index (χ3v) is 6.21. The van der Waals surface area contributed by atoms with Crippen molar-refractivity contribution in [3.63, 3.8) is 0 Å². The maximum absolute atomic E-state index is 12.2. The highest BCUT2D eigenvalue weighted by molar-refractivity contribution is 5.85. The normalized spacial score (nSPS) is 16.6. The SMILES string of the molecule is CCOC(=O)CCC1(CCOC=O)c2ccccc2-c2nc3cc(C)c(C)cc3nc21. The summed E-state index contributed by atoms with van der Waals surface area (Å²) in [6.45, 7) is 6.96. The van der Waals surface area contributed by atoms with Crippen LogP contribution in [0.15, 0.2) is 36.4 Å². The molecule has 4 rings (SSSR count). The number of aryl methyl sites for hydroxylation is 2. The van der Waals surface area contributed by atoms with E-state index in [0.717, 1.165) is 39.1 Å². The Morgan fingerprint density at radius 2 is 1.77 bits per heavy atom. The molecular formula is C25H26N2O4. The van der Waals surface area contributed by atoms with Crippen molar-refractivity contribution in [1.29, 1.82) is 0 Å². The molecule has 3 aromatic rings. The van der Waals surface area contributed by atoms with Gasteiger partial charge in [-0.05, 0) is 62.4 Å². The molecule has 0 saturated heterocycles. The van der Waals surface area contributed by atoms with Crippen LogP contribution in [-0.4, -0.2) is 35.6 Å². The molecule has 1 aromatic heterocycles. The largest absolute Gasteiger partial charge is 0.468 e. The van der Waals surface area contributed by atoms with Gasteiger partial charge in [0.05, 0.1) is 35.6 Å². The topological polar surface area (TPSA) is 78.4 Å². The van der Waals surface area contributed by atoms with Crippen LogP contribution in [-0.2, 0) is 24.5 Å². The van der Waals surface area contributed by atoms with Crippen molar-refractivity contribution in [2.45, 2.75) is 45.4 Å². The third-order valence-electron chi connectivity index (χ3n) is 6.21. The highest BCUT2D eigenvalue weighted by Crippen LogP contribution is 2.52. The average molecular weight is 418 g/mol. The first kappa shape index (κ1) is 21.0. The number of fused-ring (bicyclic) bond motifs is 4. The number of rotatable bonds is 8. The first-order chi connectivity index (χ1) is 15.0. The fraction of sp³-hybridized carbons (Fsp3) is 0.360. The number of carbonyl (C=O) groups is 2. The highest BCUT2D eigenvalue weighted by atomic mass is 16.5. The van der Waals surface area contributed by atoms with Crippen LogP contribution in [0.4, 0.5) is 0 Å². The Morgan fingerprint density at radius 1 is 1.06 bits per heavy atom. The Labute approximate surface area is 181 Å². The lowest BCUT2D eigenvalue weighted by molar-refractivity contribution is -0.143. The van der Waals surface area contributed by atoms with Crippen LogP contribution in [0.25, 0.3) is 22.3 Å². The summed E-state index contributed by atoms with van der Waals surface area (Å²) in [4.78, 5) is 33.2. The summed E-state index contributed by atoms with van der Waals surface area (Å²) in [5.41, 5.74) is 7.16. The molecule has 31 heavy (non-hydrogen) atoms. The van der Waals surface area contributed by atoms with Crippen molar-refractivity contribution in [3.05, 3.63) is 58.8 Å². The Morgan fingerprint density at radius 3 is 2.48 bits per heavy atom. The van der Waals surface area contributed by atoms with Gasteiger partial charge in [0.25, 0.3) is 6.47 Å². The van der Waals surface area contributed by atoms with E-state index < -0.39 is 5.41 Å². The average Bonchev–Trinajstić information content (AvgIpc) is 3.02. The molecule has 1 unspecified atom stereocenters. The van der Waals surface area contributed by atoms with Crippen molar-refractivity contribution in [1.82, 2.24) is 9.97 Å². The number of nitrogens with zero attached hydrogens (tertiary/aromatic N) is 2. The van der Waals surface area contributed by atoms with Gasteiger partial charge in [0.2, 0.25) is 0 Å². The van der Waals surface area contributed by atoms with Crippen molar-refractivity contribution in [2.75, 3.05) is 13.2 Å². The van der Waals surface area contributed by atoms with Crippen LogP contribution in [0.2, 0.25) is 0 Å². The molecule has 1 heterocycles. The standard InChI is InChI=1S/C25H26N2O4/c1-4-31-22(29)9-10-25(11-12-30-15-28)19-8-6-5-7-18(19)23-24(25)27-21-14-17(3)16(2)13-20(21)26-23/h5-8,13-15H,4,9-12H2,1-3H3. The summed E-state index contributed by atoms with van der Waals surface area (Å²) in [6.07, 6.45) is 1.26. The summed E-state index contributed by atoms with van der Waals surface area (Å²) in [6, 6.07) is 12.2. The monoisotopic (exact) mass is 418 g/mol. The van der Waals surface area contributed by atoms with E-state index in [0.29, 0.717) is 25.9 Å². The van der Waals surface area contributed by atoms with E-state index in [1.54, 1.807) is 6.92 Å². The molecule has 0 aliphatic heterocycles. The minimum absolute atomic E-state index is 0.229. The maximum atomic E-state index is 12.2. The second-order valence-corrected chi connectivity index (χ2v) is 8.00. The van der Waals surface area contributed by atoms with E-state index in [9.17, 15) is 9.59 Å². The van der Waals surface area contributed by atoms with Gasteiger partial charge in [0.15, 0.2) is 0 Å². The molecule has 0 fully saturated rings. The molecule has 0 N–H and O–H groups in total. The van der Waals surface area contributed by atoms with Crippen LogP contribution < -0.4 is 0 Å². The minimum atomic E-state index is -0.582. The number of benzene rings is 2. The van der Waals surface area contributed by atoms with Crippen LogP contribution in [0.3, 0.4) is 0 Å². The maximum Gasteiger partial charge on any atom is 0.305 e. The lowest BCUT2D eigenvalue weighted by Crippen LogP contribution is -2.29. The highest BCUT2D eigenvalue weighted by Gasteiger charge is 2.45. The van der Waals surface area contributed by atoms with Gasteiger partial charge >= 0.3 is 5.97 Å². The third kappa shape index (κ3) is 3.67. The summed E-state index contributed by atoms with van der Waals surface area (Å²) in [5, 5.41) is 0. The molecule has 1 atom stereocenters. The lowest BCUT2D eigenvalue weighted by atomic mass is 9.74. The number of ether oxygens (including phenoxy) is 2. The second kappa shape index (κ2) is 8.46. The molecule has 0 spiro atoms. The molecule has 160 valence electrons. The van der Waals surface area contributed by atoms with Gasteiger partial charge in [-0.25, -0.2) is 9.97 Å². The zero-order valence-electron chi connectivity index (χ0n) is 18.1.